The molecule has 3 aromatic rings. The lowest BCUT2D eigenvalue weighted by atomic mass is 10.0. The Hall–Kier alpha value is -3.16. The Morgan fingerprint density at radius 2 is 2.21 bits per heavy atom. The van der Waals surface area contributed by atoms with Crippen LogP contribution >= 0.6 is 0 Å². The van der Waals surface area contributed by atoms with Gasteiger partial charge in [0, 0.05) is 31.5 Å². The third-order valence-corrected chi connectivity index (χ3v) is 5.03. The van der Waals surface area contributed by atoms with Gasteiger partial charge in [-0.2, -0.15) is 0 Å². The molecule has 8 heteroatoms. The molecule has 0 bridgehead atoms. The largest absolute Gasteiger partial charge is 0.354 e. The summed E-state index contributed by atoms with van der Waals surface area (Å²) in [5, 5.41) is 6.64. The molecular formula is C20H22FN5O2. The van der Waals surface area contributed by atoms with E-state index in [1.54, 1.807) is 29.3 Å². The predicted molar refractivity (Wildman–Crippen MR) is 102 cm³/mol. The van der Waals surface area contributed by atoms with E-state index in [1.165, 1.54) is 12.1 Å². The highest BCUT2D eigenvalue weighted by Gasteiger charge is 2.31. The molecule has 3 heterocycles. The third kappa shape index (κ3) is 3.49. The number of carbonyl (C=O) groups excluding carboxylic acids is 1. The van der Waals surface area contributed by atoms with E-state index in [0.717, 1.165) is 31.6 Å². The second kappa shape index (κ2) is 7.84. The molecular weight excluding hydrogens is 361 g/mol. The van der Waals surface area contributed by atoms with Gasteiger partial charge in [-0.25, -0.2) is 14.2 Å². The predicted octanol–water partition coefficient (Wildman–Crippen LogP) is 4.46. The number of rotatable bonds is 4. The van der Waals surface area contributed by atoms with E-state index < -0.39 is 5.82 Å². The monoisotopic (exact) mass is 383 g/mol. The number of anilines is 1. The number of imidazole rings is 1. The SMILES string of the molecule is CCn1ccnc1C1CCCCN1C(=O)Nc1cc(-c2ccccc2F)on1. The highest BCUT2D eigenvalue weighted by molar-refractivity contribution is 5.89. The van der Waals surface area contributed by atoms with E-state index in [2.05, 4.69) is 26.9 Å². The number of urea groups is 1. The summed E-state index contributed by atoms with van der Waals surface area (Å²) in [6.45, 7) is 3.50. The molecule has 0 spiro atoms. The highest BCUT2D eigenvalue weighted by atomic mass is 19.1. The Bertz CT molecular complexity index is 967. The molecule has 146 valence electrons. The Kier molecular flexibility index (Phi) is 5.10. The first-order valence-corrected chi connectivity index (χ1v) is 9.47. The van der Waals surface area contributed by atoms with E-state index in [-0.39, 0.29) is 23.7 Å². The number of aryl methyl sites for hydroxylation is 1. The molecule has 7 nitrogen and oxygen atoms in total. The molecule has 2 aromatic heterocycles. The van der Waals surface area contributed by atoms with Crippen LogP contribution in [0.2, 0.25) is 0 Å². The Labute approximate surface area is 162 Å². The molecule has 1 atom stereocenters. The number of carbonyl (C=O) groups is 1. The fraction of sp³-hybridized carbons (Fsp3) is 0.350. The number of benzene rings is 1. The topological polar surface area (TPSA) is 76.2 Å². The third-order valence-electron chi connectivity index (χ3n) is 5.03. The lowest BCUT2D eigenvalue weighted by molar-refractivity contribution is 0.157. The molecule has 1 aliphatic rings. The van der Waals surface area contributed by atoms with Crippen LogP contribution in [0.25, 0.3) is 11.3 Å². The van der Waals surface area contributed by atoms with Crippen molar-refractivity contribution in [2.45, 2.75) is 38.8 Å². The molecule has 2 amide bonds. The number of nitrogens with one attached hydrogen (secondary N) is 1. The number of aromatic nitrogens is 3. The summed E-state index contributed by atoms with van der Waals surface area (Å²) in [7, 11) is 0. The number of amides is 2. The Morgan fingerprint density at radius 3 is 3.04 bits per heavy atom. The van der Waals surface area contributed by atoms with E-state index >= 15 is 0 Å². The van der Waals surface area contributed by atoms with Crippen LogP contribution in [0.15, 0.2) is 47.2 Å². The number of hydrogen-bond donors (Lipinski definition) is 1. The quantitative estimate of drug-likeness (QED) is 0.722. The average molecular weight is 383 g/mol. The minimum Gasteiger partial charge on any atom is -0.354 e. The van der Waals surface area contributed by atoms with Crippen molar-refractivity contribution < 1.29 is 13.7 Å². The van der Waals surface area contributed by atoms with Crippen LogP contribution < -0.4 is 5.32 Å². The van der Waals surface area contributed by atoms with Crippen LogP contribution in [0.3, 0.4) is 0 Å². The van der Waals surface area contributed by atoms with Gasteiger partial charge in [0.25, 0.3) is 0 Å². The summed E-state index contributed by atoms with van der Waals surface area (Å²) in [6, 6.07) is 7.46. The molecule has 1 aliphatic heterocycles. The van der Waals surface area contributed by atoms with Crippen molar-refractivity contribution in [2.75, 3.05) is 11.9 Å². The van der Waals surface area contributed by atoms with E-state index in [9.17, 15) is 9.18 Å². The maximum Gasteiger partial charge on any atom is 0.323 e. The maximum absolute atomic E-state index is 13.9. The molecule has 0 radical (unpaired) electrons. The smallest absolute Gasteiger partial charge is 0.323 e. The van der Waals surface area contributed by atoms with Gasteiger partial charge in [-0.15, -0.1) is 0 Å². The van der Waals surface area contributed by atoms with Crippen LogP contribution in [0.1, 0.15) is 38.1 Å². The van der Waals surface area contributed by atoms with Gasteiger partial charge in [-0.05, 0) is 38.3 Å². The van der Waals surface area contributed by atoms with Crippen molar-refractivity contribution in [1.82, 2.24) is 19.6 Å². The van der Waals surface area contributed by atoms with Crippen molar-refractivity contribution in [2.24, 2.45) is 0 Å². The van der Waals surface area contributed by atoms with Gasteiger partial charge in [-0.3, -0.25) is 5.32 Å². The fourth-order valence-electron chi connectivity index (χ4n) is 3.63. The molecule has 1 unspecified atom stereocenters. The van der Waals surface area contributed by atoms with Gasteiger partial charge in [-0.1, -0.05) is 17.3 Å². The van der Waals surface area contributed by atoms with Gasteiger partial charge in [0.05, 0.1) is 11.6 Å². The first-order chi connectivity index (χ1) is 13.7. The summed E-state index contributed by atoms with van der Waals surface area (Å²) < 4.78 is 21.2. The summed E-state index contributed by atoms with van der Waals surface area (Å²) in [5.41, 5.74) is 0.302. The average Bonchev–Trinajstić information content (AvgIpc) is 3.37. The minimum atomic E-state index is -0.404. The van der Waals surface area contributed by atoms with Crippen molar-refractivity contribution >= 4 is 11.8 Å². The number of piperidine rings is 1. The standard InChI is InChI=1S/C20H22FN5O2/c1-2-25-12-10-22-19(25)16-9-5-6-11-26(16)20(27)23-18-13-17(28-24-18)14-7-3-4-8-15(14)21/h3-4,7-8,10,12-13,16H,2,5-6,9,11H2,1H3,(H,23,24,27). The minimum absolute atomic E-state index is 0.0818. The highest BCUT2D eigenvalue weighted by Crippen LogP contribution is 2.31. The zero-order valence-electron chi connectivity index (χ0n) is 15.6. The van der Waals surface area contributed by atoms with Crippen LogP contribution in [-0.4, -0.2) is 32.2 Å². The first kappa shape index (κ1) is 18.2. The zero-order valence-corrected chi connectivity index (χ0v) is 15.6. The van der Waals surface area contributed by atoms with E-state index in [0.29, 0.717) is 12.1 Å². The zero-order chi connectivity index (χ0) is 19.5. The van der Waals surface area contributed by atoms with Crippen LogP contribution in [0, 0.1) is 5.82 Å². The summed E-state index contributed by atoms with van der Waals surface area (Å²) in [4.78, 5) is 19.2. The van der Waals surface area contributed by atoms with Crippen LogP contribution in [0.4, 0.5) is 15.0 Å². The molecule has 0 saturated carbocycles. The normalized spacial score (nSPS) is 16.9. The first-order valence-electron chi connectivity index (χ1n) is 9.47. The van der Waals surface area contributed by atoms with Gasteiger partial charge < -0.3 is 14.0 Å². The van der Waals surface area contributed by atoms with E-state index in [1.807, 2.05) is 6.20 Å². The molecule has 0 aliphatic carbocycles. The Balaban J connectivity index is 1.52. The van der Waals surface area contributed by atoms with Gasteiger partial charge >= 0.3 is 6.03 Å². The maximum atomic E-state index is 13.9. The number of halogens is 1. The number of nitrogens with zero attached hydrogens (tertiary/aromatic N) is 4. The second-order valence-electron chi connectivity index (χ2n) is 6.76. The summed E-state index contributed by atoms with van der Waals surface area (Å²) >= 11 is 0. The van der Waals surface area contributed by atoms with Gasteiger partial charge in [0.2, 0.25) is 0 Å². The Morgan fingerprint density at radius 1 is 1.36 bits per heavy atom. The summed E-state index contributed by atoms with van der Waals surface area (Å²) in [6.07, 6.45) is 6.55. The lowest BCUT2D eigenvalue weighted by Gasteiger charge is -2.35. The van der Waals surface area contributed by atoms with Crippen molar-refractivity contribution in [1.29, 1.82) is 0 Å². The molecule has 28 heavy (non-hydrogen) atoms. The molecule has 1 fully saturated rings. The molecule has 1 N–H and O–H groups in total. The summed E-state index contributed by atoms with van der Waals surface area (Å²) in [5.74, 6) is 1.01. The van der Waals surface area contributed by atoms with Crippen LogP contribution in [-0.2, 0) is 6.54 Å². The second-order valence-corrected chi connectivity index (χ2v) is 6.76. The lowest BCUT2D eigenvalue weighted by Crippen LogP contribution is -2.42. The van der Waals surface area contributed by atoms with Crippen molar-refractivity contribution in [3.05, 3.63) is 54.4 Å². The number of likely N-dealkylation sites (tertiary alicyclic amines) is 1. The van der Waals surface area contributed by atoms with Crippen LogP contribution in [0.5, 0.6) is 0 Å². The van der Waals surface area contributed by atoms with Gasteiger partial charge in [0.1, 0.15) is 11.6 Å². The van der Waals surface area contributed by atoms with E-state index in [4.69, 9.17) is 4.52 Å². The molecule has 1 saturated heterocycles. The van der Waals surface area contributed by atoms with Crippen molar-refractivity contribution in [3.63, 3.8) is 0 Å². The molecule has 4 rings (SSSR count). The van der Waals surface area contributed by atoms with Crippen molar-refractivity contribution in [3.8, 4) is 11.3 Å². The van der Waals surface area contributed by atoms with Gasteiger partial charge in [0.15, 0.2) is 11.6 Å². The fourth-order valence-corrected chi connectivity index (χ4v) is 3.63. The molecule has 1 aromatic carbocycles. The number of hydrogen-bond acceptors (Lipinski definition) is 4.